The van der Waals surface area contributed by atoms with E-state index in [4.69, 9.17) is 9.84 Å². The number of rotatable bonds is 8. The zero-order valence-corrected chi connectivity index (χ0v) is 13.1. The average molecular weight is 315 g/mol. The topological polar surface area (TPSA) is 90.8 Å². The fourth-order valence-corrected chi connectivity index (χ4v) is 2.77. The maximum atomic E-state index is 12.2. The number of aliphatic hydroxyl groups excluding tert-OH is 1. The fourth-order valence-electron chi connectivity index (χ4n) is 2.00. The summed E-state index contributed by atoms with van der Waals surface area (Å²) in [5, 5.41) is 21.0. The van der Waals surface area contributed by atoms with Crippen molar-refractivity contribution < 1.29 is 14.6 Å². The lowest BCUT2D eigenvalue weighted by molar-refractivity contribution is 0.229. The number of hydrogen-bond donors (Lipinski definition) is 2. The van der Waals surface area contributed by atoms with Crippen LogP contribution in [0.2, 0.25) is 0 Å². The molecule has 1 aromatic heterocycles. The van der Waals surface area contributed by atoms with Gasteiger partial charge in [-0.15, -0.1) is 5.10 Å². The molecule has 0 bridgehead atoms. The summed E-state index contributed by atoms with van der Waals surface area (Å²) < 4.78 is 5.50. The normalized spacial score (nSPS) is 18.6. The predicted octanol–water partition coefficient (Wildman–Crippen LogP) is 0.497. The van der Waals surface area contributed by atoms with Crippen molar-refractivity contribution >= 4 is 22.5 Å². The lowest BCUT2D eigenvalue weighted by Gasteiger charge is -2.20. The first-order valence-electron chi connectivity index (χ1n) is 7.02. The number of aromatic nitrogens is 2. The summed E-state index contributed by atoms with van der Waals surface area (Å²) in [6.07, 6.45) is 1.79. The van der Waals surface area contributed by atoms with Crippen molar-refractivity contribution in [2.45, 2.75) is 25.9 Å². The Bertz CT molecular complexity index is 470. The first kappa shape index (κ1) is 15.9. The van der Waals surface area contributed by atoms with E-state index in [2.05, 4.69) is 22.4 Å². The smallest absolute Gasteiger partial charge is 0.327 e. The number of unbranched alkanes of at least 4 members (excludes halogenated alkanes) is 1. The Hall–Kier alpha value is -1.45. The third kappa shape index (κ3) is 3.80. The molecule has 21 heavy (non-hydrogen) atoms. The van der Waals surface area contributed by atoms with Gasteiger partial charge in [0.2, 0.25) is 5.13 Å². The molecule has 0 radical (unpaired) electrons. The van der Waals surface area contributed by atoms with Crippen molar-refractivity contribution in [2.24, 2.45) is 0 Å². The molecule has 0 saturated carbocycles. The molecule has 1 unspecified atom stereocenters. The van der Waals surface area contributed by atoms with Crippen molar-refractivity contribution in [3.63, 3.8) is 0 Å². The Kier molecular flexibility index (Phi) is 5.71. The second-order valence-corrected chi connectivity index (χ2v) is 5.70. The highest BCUT2D eigenvalue weighted by Gasteiger charge is 2.38. The first-order valence-corrected chi connectivity index (χ1v) is 7.84. The molecule has 118 valence electrons. The van der Waals surface area contributed by atoms with E-state index in [1.165, 1.54) is 11.3 Å². The maximum absolute atomic E-state index is 12.2. The highest BCUT2D eigenvalue weighted by atomic mass is 32.1. The number of carbonyl (C=O) groups excluding carboxylic acids is 1. The zero-order chi connectivity index (χ0) is 15.2. The van der Waals surface area contributed by atoms with E-state index in [0.29, 0.717) is 30.0 Å². The largest absolute Gasteiger partial charge is 0.469 e. The van der Waals surface area contributed by atoms with Gasteiger partial charge in [0.05, 0.1) is 19.8 Å². The average Bonchev–Trinajstić information content (AvgIpc) is 3.03. The van der Waals surface area contributed by atoms with E-state index in [1.54, 1.807) is 16.8 Å². The number of nitrogens with one attached hydrogen (secondary N) is 1. The van der Waals surface area contributed by atoms with Gasteiger partial charge in [-0.25, -0.2) is 9.69 Å². The van der Waals surface area contributed by atoms with Gasteiger partial charge >= 0.3 is 6.03 Å². The van der Waals surface area contributed by atoms with Gasteiger partial charge in [-0.05, 0) is 17.8 Å². The first-order chi connectivity index (χ1) is 10.2. The molecule has 2 amide bonds. The van der Waals surface area contributed by atoms with Crippen LogP contribution in [0.4, 0.5) is 9.93 Å². The number of ether oxygens (including phenoxy) is 1. The van der Waals surface area contributed by atoms with Gasteiger partial charge in [0.1, 0.15) is 6.17 Å². The standard InChI is InChI=1S/C12H21N5O3S/c1-3-4-7-20-11-15-14-10(21-11)17-9(13-5-6-18)8-16(2)12(17)19/h9,13,18H,3-8H2,1-2H3. The third-order valence-corrected chi connectivity index (χ3v) is 3.94. The SMILES string of the molecule is CCCCOc1nnc(N2C(=O)N(C)CC2NCCO)s1. The zero-order valence-electron chi connectivity index (χ0n) is 12.3. The number of aliphatic hydroxyl groups is 1. The third-order valence-electron chi connectivity index (χ3n) is 3.11. The molecule has 9 heteroatoms. The van der Waals surface area contributed by atoms with Crippen LogP contribution in [0.1, 0.15) is 19.8 Å². The highest BCUT2D eigenvalue weighted by Crippen LogP contribution is 2.30. The van der Waals surface area contributed by atoms with Gasteiger partial charge in [-0.2, -0.15) is 0 Å². The van der Waals surface area contributed by atoms with E-state index in [-0.39, 0.29) is 18.8 Å². The summed E-state index contributed by atoms with van der Waals surface area (Å²) in [6, 6.07) is -0.137. The number of carbonyl (C=O) groups is 1. The van der Waals surface area contributed by atoms with Gasteiger partial charge < -0.3 is 14.7 Å². The Morgan fingerprint density at radius 3 is 3.05 bits per heavy atom. The van der Waals surface area contributed by atoms with Crippen LogP contribution in [0.5, 0.6) is 5.19 Å². The minimum absolute atomic E-state index is 0.0176. The van der Waals surface area contributed by atoms with Crippen LogP contribution >= 0.6 is 11.3 Å². The van der Waals surface area contributed by atoms with Gasteiger partial charge in [-0.3, -0.25) is 5.32 Å². The lowest BCUT2D eigenvalue weighted by atomic mass is 10.4. The molecule has 2 N–H and O–H groups in total. The number of anilines is 1. The van der Waals surface area contributed by atoms with Crippen LogP contribution in [-0.4, -0.2) is 65.8 Å². The molecule has 1 aromatic rings. The molecule has 8 nitrogen and oxygen atoms in total. The van der Waals surface area contributed by atoms with Gasteiger partial charge in [0.25, 0.3) is 5.19 Å². The Balaban J connectivity index is 2.04. The van der Waals surface area contributed by atoms with Gasteiger partial charge in [0, 0.05) is 13.6 Å². The Labute approximate surface area is 127 Å². The van der Waals surface area contributed by atoms with Crippen molar-refractivity contribution in [2.75, 3.05) is 38.3 Å². The predicted molar refractivity (Wildman–Crippen MR) is 79.7 cm³/mol. The summed E-state index contributed by atoms with van der Waals surface area (Å²) in [4.78, 5) is 15.4. The molecule has 0 aliphatic carbocycles. The van der Waals surface area contributed by atoms with Crippen LogP contribution in [0, 0.1) is 0 Å². The van der Waals surface area contributed by atoms with E-state index in [0.717, 1.165) is 12.8 Å². The van der Waals surface area contributed by atoms with E-state index < -0.39 is 0 Å². The van der Waals surface area contributed by atoms with Gasteiger partial charge in [0.15, 0.2) is 0 Å². The number of nitrogens with zero attached hydrogens (tertiary/aromatic N) is 4. The molecule has 2 heterocycles. The van der Waals surface area contributed by atoms with Crippen LogP contribution < -0.4 is 15.0 Å². The number of urea groups is 1. The van der Waals surface area contributed by atoms with E-state index in [1.807, 2.05) is 0 Å². The molecule has 2 rings (SSSR count). The summed E-state index contributed by atoms with van der Waals surface area (Å²) in [5.74, 6) is 0. The molecule has 1 fully saturated rings. The molecule has 1 atom stereocenters. The van der Waals surface area contributed by atoms with Crippen LogP contribution in [0.3, 0.4) is 0 Å². The molecular formula is C12H21N5O3S. The minimum atomic E-state index is -0.217. The maximum Gasteiger partial charge on any atom is 0.327 e. The van der Waals surface area contributed by atoms with Crippen molar-refractivity contribution in [1.82, 2.24) is 20.4 Å². The summed E-state index contributed by atoms with van der Waals surface area (Å²) >= 11 is 1.26. The van der Waals surface area contributed by atoms with Crippen LogP contribution in [0.25, 0.3) is 0 Å². The van der Waals surface area contributed by atoms with Crippen LogP contribution in [0.15, 0.2) is 0 Å². The lowest BCUT2D eigenvalue weighted by Crippen LogP contribution is -2.45. The molecule has 0 aromatic carbocycles. The summed E-state index contributed by atoms with van der Waals surface area (Å²) in [6.45, 7) is 3.66. The van der Waals surface area contributed by atoms with Crippen molar-refractivity contribution in [1.29, 1.82) is 0 Å². The number of amides is 2. The Morgan fingerprint density at radius 1 is 1.52 bits per heavy atom. The summed E-state index contributed by atoms with van der Waals surface area (Å²) in [7, 11) is 1.73. The van der Waals surface area contributed by atoms with Crippen molar-refractivity contribution in [3.05, 3.63) is 0 Å². The minimum Gasteiger partial charge on any atom is -0.469 e. The quantitative estimate of drug-likeness (QED) is 0.679. The second-order valence-electron chi connectivity index (χ2n) is 4.78. The van der Waals surface area contributed by atoms with Crippen molar-refractivity contribution in [3.8, 4) is 5.19 Å². The number of hydrogen-bond acceptors (Lipinski definition) is 7. The van der Waals surface area contributed by atoms with E-state index in [9.17, 15) is 4.79 Å². The van der Waals surface area contributed by atoms with E-state index >= 15 is 0 Å². The highest BCUT2D eigenvalue weighted by molar-refractivity contribution is 7.17. The summed E-state index contributed by atoms with van der Waals surface area (Å²) in [5.41, 5.74) is 0. The second kappa shape index (κ2) is 7.53. The van der Waals surface area contributed by atoms with Gasteiger partial charge in [-0.1, -0.05) is 18.4 Å². The monoisotopic (exact) mass is 315 g/mol. The molecule has 1 aliphatic rings. The molecular weight excluding hydrogens is 294 g/mol. The van der Waals surface area contributed by atoms with Crippen LogP contribution in [-0.2, 0) is 0 Å². The molecule has 1 aliphatic heterocycles. The molecule has 1 saturated heterocycles. The fraction of sp³-hybridized carbons (Fsp3) is 0.750. The Morgan fingerprint density at radius 2 is 2.33 bits per heavy atom. The number of likely N-dealkylation sites (N-methyl/N-ethyl adjacent to an activating group) is 1. The molecule has 0 spiro atoms.